The molecular formula is C23H23F3N4O3. The lowest BCUT2D eigenvalue weighted by Gasteiger charge is -2.11. The fraction of sp³-hybridized carbons (Fsp3) is 0.304. The van der Waals surface area contributed by atoms with E-state index in [2.05, 4.69) is 20.6 Å². The quantitative estimate of drug-likeness (QED) is 0.511. The molecule has 2 aromatic heterocycles. The lowest BCUT2D eigenvalue weighted by atomic mass is 10.1. The highest BCUT2D eigenvalue weighted by Crippen LogP contribution is 2.31. The number of pyridine rings is 2. The van der Waals surface area contributed by atoms with Gasteiger partial charge in [-0.3, -0.25) is 9.59 Å². The second-order valence-corrected chi connectivity index (χ2v) is 7.69. The molecule has 0 spiro atoms. The predicted molar refractivity (Wildman–Crippen MR) is 117 cm³/mol. The van der Waals surface area contributed by atoms with E-state index in [9.17, 15) is 22.8 Å². The average molecular weight is 460 g/mol. The van der Waals surface area contributed by atoms with Crippen molar-refractivity contribution in [1.82, 2.24) is 15.3 Å². The Morgan fingerprint density at radius 3 is 2.52 bits per heavy atom. The van der Waals surface area contributed by atoms with E-state index in [4.69, 9.17) is 4.74 Å². The van der Waals surface area contributed by atoms with Gasteiger partial charge in [0.05, 0.1) is 17.6 Å². The molecule has 7 nitrogen and oxygen atoms in total. The zero-order valence-electron chi connectivity index (χ0n) is 18.3. The number of nitrogens with one attached hydrogen (secondary N) is 2. The second-order valence-electron chi connectivity index (χ2n) is 7.69. The summed E-state index contributed by atoms with van der Waals surface area (Å²) in [6.07, 6.45) is -4.42. The molecule has 174 valence electrons. The zero-order chi connectivity index (χ0) is 24.2. The van der Waals surface area contributed by atoms with Crippen LogP contribution in [0, 0.1) is 12.8 Å². The summed E-state index contributed by atoms with van der Waals surface area (Å²) < 4.78 is 44.0. The van der Waals surface area contributed by atoms with Gasteiger partial charge in [-0.15, -0.1) is 0 Å². The number of ether oxygens (including phenoxy) is 1. The lowest BCUT2D eigenvalue weighted by molar-refractivity contribution is -0.137. The Morgan fingerprint density at radius 1 is 1.06 bits per heavy atom. The molecule has 0 saturated heterocycles. The maximum absolute atomic E-state index is 12.8. The molecule has 2 heterocycles. The number of benzene rings is 1. The SMILES string of the molecule is Cc1cc(C(=O)NCCOc2ccc3cc(C(F)(F)F)ccc3n2)cc(NC(=O)C(C)C)n1. The van der Waals surface area contributed by atoms with Crippen molar-refractivity contribution in [3.63, 3.8) is 0 Å². The van der Waals surface area contributed by atoms with Crippen molar-refractivity contribution >= 4 is 28.5 Å². The number of aromatic nitrogens is 2. The summed E-state index contributed by atoms with van der Waals surface area (Å²) in [6.45, 7) is 5.49. The van der Waals surface area contributed by atoms with Crippen molar-refractivity contribution in [2.24, 2.45) is 5.92 Å². The highest BCUT2D eigenvalue weighted by atomic mass is 19.4. The summed E-state index contributed by atoms with van der Waals surface area (Å²) in [7, 11) is 0. The Balaban J connectivity index is 1.56. The number of anilines is 1. The molecule has 0 radical (unpaired) electrons. The number of fused-ring (bicyclic) bond motifs is 1. The minimum Gasteiger partial charge on any atom is -0.476 e. The van der Waals surface area contributed by atoms with Crippen LogP contribution in [0.3, 0.4) is 0 Å². The number of nitrogens with zero attached hydrogens (tertiary/aromatic N) is 2. The summed E-state index contributed by atoms with van der Waals surface area (Å²) in [4.78, 5) is 32.7. The normalized spacial score (nSPS) is 11.5. The summed E-state index contributed by atoms with van der Waals surface area (Å²) in [5.41, 5.74) is 0.539. The first kappa shape index (κ1) is 24.0. The molecule has 0 unspecified atom stereocenters. The van der Waals surface area contributed by atoms with E-state index >= 15 is 0 Å². The number of halogens is 3. The molecule has 0 aliphatic rings. The molecule has 2 N–H and O–H groups in total. The van der Waals surface area contributed by atoms with Crippen LogP contribution in [0.1, 0.15) is 35.5 Å². The van der Waals surface area contributed by atoms with Crippen molar-refractivity contribution in [3.05, 3.63) is 59.3 Å². The highest BCUT2D eigenvalue weighted by molar-refractivity contribution is 5.97. The van der Waals surface area contributed by atoms with Gasteiger partial charge in [0.25, 0.3) is 5.91 Å². The Hall–Kier alpha value is -3.69. The van der Waals surface area contributed by atoms with Crippen LogP contribution in [0.5, 0.6) is 5.88 Å². The van der Waals surface area contributed by atoms with Crippen LogP contribution in [0.15, 0.2) is 42.5 Å². The van der Waals surface area contributed by atoms with Crippen molar-refractivity contribution < 1.29 is 27.5 Å². The molecule has 0 aliphatic heterocycles. The summed E-state index contributed by atoms with van der Waals surface area (Å²) in [6, 6.07) is 9.34. The maximum Gasteiger partial charge on any atom is 0.416 e. The topological polar surface area (TPSA) is 93.2 Å². The average Bonchev–Trinajstić information content (AvgIpc) is 2.75. The number of carbonyl (C=O) groups is 2. The van der Waals surface area contributed by atoms with Crippen molar-refractivity contribution in [2.75, 3.05) is 18.5 Å². The third kappa shape index (κ3) is 6.41. The summed E-state index contributed by atoms with van der Waals surface area (Å²) in [5, 5.41) is 5.72. The third-order valence-corrected chi connectivity index (χ3v) is 4.62. The van der Waals surface area contributed by atoms with E-state index in [1.807, 2.05) is 0 Å². The van der Waals surface area contributed by atoms with Gasteiger partial charge in [-0.25, -0.2) is 9.97 Å². The fourth-order valence-electron chi connectivity index (χ4n) is 2.92. The largest absolute Gasteiger partial charge is 0.476 e. The molecule has 10 heteroatoms. The van der Waals surface area contributed by atoms with Crippen LogP contribution in [0.2, 0.25) is 0 Å². The molecule has 0 bridgehead atoms. The van der Waals surface area contributed by atoms with Gasteiger partial charge in [0.15, 0.2) is 0 Å². The van der Waals surface area contributed by atoms with Crippen molar-refractivity contribution in [1.29, 1.82) is 0 Å². The van der Waals surface area contributed by atoms with Crippen LogP contribution in [-0.2, 0) is 11.0 Å². The zero-order valence-corrected chi connectivity index (χ0v) is 18.3. The number of carbonyl (C=O) groups excluding carboxylic acids is 2. The fourth-order valence-corrected chi connectivity index (χ4v) is 2.92. The number of hydrogen-bond acceptors (Lipinski definition) is 5. The summed E-state index contributed by atoms with van der Waals surface area (Å²) in [5.74, 6) is -0.267. The number of alkyl halides is 3. The molecule has 0 aliphatic carbocycles. The molecule has 33 heavy (non-hydrogen) atoms. The van der Waals surface area contributed by atoms with Crippen LogP contribution in [0.25, 0.3) is 10.9 Å². The number of rotatable bonds is 7. The molecule has 2 amide bonds. The molecule has 0 atom stereocenters. The highest BCUT2D eigenvalue weighted by Gasteiger charge is 2.30. The van der Waals surface area contributed by atoms with E-state index in [1.54, 1.807) is 26.8 Å². The van der Waals surface area contributed by atoms with Gasteiger partial charge in [0.1, 0.15) is 12.4 Å². The first-order valence-corrected chi connectivity index (χ1v) is 10.2. The maximum atomic E-state index is 12.8. The second kappa shape index (κ2) is 9.85. The van der Waals surface area contributed by atoms with E-state index in [1.165, 1.54) is 24.3 Å². The standard InChI is InChI=1S/C23H23F3N4O3/c1-13(2)21(31)30-19-12-16(10-14(3)28-19)22(32)27-8-9-33-20-7-4-15-11-17(23(24,25)26)5-6-18(15)29-20/h4-7,10-13H,8-9H2,1-3H3,(H,27,32)(H,28,30,31). The monoisotopic (exact) mass is 460 g/mol. The lowest BCUT2D eigenvalue weighted by Crippen LogP contribution is -2.28. The Bertz CT molecular complexity index is 1180. The third-order valence-electron chi connectivity index (χ3n) is 4.62. The van der Waals surface area contributed by atoms with Crippen LogP contribution in [0.4, 0.5) is 19.0 Å². The van der Waals surface area contributed by atoms with Gasteiger partial charge in [0, 0.05) is 28.6 Å². The molecule has 3 rings (SSSR count). The van der Waals surface area contributed by atoms with Crippen molar-refractivity contribution in [2.45, 2.75) is 26.9 Å². The van der Waals surface area contributed by atoms with Gasteiger partial charge >= 0.3 is 6.18 Å². The molecule has 1 aromatic carbocycles. The minimum absolute atomic E-state index is 0.103. The first-order valence-electron chi connectivity index (χ1n) is 10.2. The van der Waals surface area contributed by atoms with Gasteiger partial charge in [-0.05, 0) is 43.3 Å². The smallest absolute Gasteiger partial charge is 0.416 e. The Kier molecular flexibility index (Phi) is 7.15. The van der Waals surface area contributed by atoms with Crippen LogP contribution < -0.4 is 15.4 Å². The van der Waals surface area contributed by atoms with Gasteiger partial charge in [-0.2, -0.15) is 13.2 Å². The molecular weight excluding hydrogens is 437 g/mol. The van der Waals surface area contributed by atoms with Gasteiger partial charge in [-0.1, -0.05) is 13.8 Å². The number of hydrogen-bond donors (Lipinski definition) is 2. The minimum atomic E-state index is -4.42. The van der Waals surface area contributed by atoms with Gasteiger partial charge < -0.3 is 15.4 Å². The van der Waals surface area contributed by atoms with E-state index in [-0.39, 0.29) is 36.8 Å². The van der Waals surface area contributed by atoms with E-state index in [0.717, 1.165) is 12.1 Å². The molecule has 0 saturated carbocycles. The molecule has 3 aromatic rings. The number of aryl methyl sites for hydroxylation is 1. The first-order chi connectivity index (χ1) is 15.5. The van der Waals surface area contributed by atoms with Gasteiger partial charge in [0.2, 0.25) is 11.8 Å². The van der Waals surface area contributed by atoms with Crippen LogP contribution in [-0.4, -0.2) is 34.9 Å². The Morgan fingerprint density at radius 2 is 1.82 bits per heavy atom. The predicted octanol–water partition coefficient (Wildman–Crippen LogP) is 4.36. The van der Waals surface area contributed by atoms with Crippen LogP contribution >= 0.6 is 0 Å². The number of amides is 2. The van der Waals surface area contributed by atoms with E-state index < -0.39 is 11.7 Å². The van der Waals surface area contributed by atoms with Crippen molar-refractivity contribution in [3.8, 4) is 5.88 Å². The summed E-state index contributed by atoms with van der Waals surface area (Å²) >= 11 is 0. The molecule has 0 fully saturated rings. The Labute approximate surface area is 188 Å². The van der Waals surface area contributed by atoms with E-state index in [0.29, 0.717) is 28.0 Å².